The molecule has 1 aliphatic heterocycles. The molecule has 2 aromatic rings. The van der Waals surface area contributed by atoms with E-state index in [1.54, 1.807) is 6.92 Å². The number of quaternary nitrogens is 1. The highest BCUT2D eigenvalue weighted by atomic mass is 32.2. The zero-order valence-corrected chi connectivity index (χ0v) is 17.3. The van der Waals surface area contributed by atoms with Gasteiger partial charge in [-0.1, -0.05) is 29.8 Å². The molecule has 1 N–H and O–H groups in total. The molecule has 0 spiro atoms. The van der Waals surface area contributed by atoms with Gasteiger partial charge < -0.3 is 4.90 Å². The zero-order valence-electron chi connectivity index (χ0n) is 16.4. The van der Waals surface area contributed by atoms with Gasteiger partial charge in [-0.2, -0.15) is 4.31 Å². The standard InChI is InChI=1S/C20H25N3O4S/c1-15-4-5-16(2)18(12-15)14-21-8-10-22(11-9-21)28(26,27)20-13-19(23(24)25)7-6-17(20)3/h4-7,12-13H,8-11,14H2,1-3H3/p+1. The third-order valence-corrected chi connectivity index (χ3v) is 7.42. The lowest BCUT2D eigenvalue weighted by molar-refractivity contribution is -0.917. The smallest absolute Gasteiger partial charge is 0.270 e. The Kier molecular flexibility index (Phi) is 5.83. The van der Waals surface area contributed by atoms with E-state index in [1.807, 2.05) is 0 Å². The number of non-ortho nitro benzene ring substituents is 1. The van der Waals surface area contributed by atoms with Crippen LogP contribution in [0.25, 0.3) is 0 Å². The van der Waals surface area contributed by atoms with Gasteiger partial charge in [-0.25, -0.2) is 8.42 Å². The van der Waals surface area contributed by atoms with Crippen LogP contribution in [0.15, 0.2) is 41.3 Å². The van der Waals surface area contributed by atoms with Gasteiger partial charge in [0.05, 0.1) is 36.0 Å². The number of nitrogens with one attached hydrogen (secondary N) is 1. The number of nitro groups is 1. The fourth-order valence-electron chi connectivity index (χ4n) is 3.60. The van der Waals surface area contributed by atoms with E-state index in [9.17, 15) is 18.5 Å². The second-order valence-corrected chi connectivity index (χ2v) is 9.37. The molecule has 0 bridgehead atoms. The van der Waals surface area contributed by atoms with Crippen LogP contribution in [-0.2, 0) is 16.6 Å². The summed E-state index contributed by atoms with van der Waals surface area (Å²) < 4.78 is 27.5. The fraction of sp³-hybridized carbons (Fsp3) is 0.400. The molecule has 8 heteroatoms. The van der Waals surface area contributed by atoms with E-state index in [0.29, 0.717) is 31.7 Å². The molecule has 28 heavy (non-hydrogen) atoms. The molecule has 0 aromatic heterocycles. The summed E-state index contributed by atoms with van der Waals surface area (Å²) in [6, 6.07) is 10.4. The number of rotatable bonds is 5. The van der Waals surface area contributed by atoms with Crippen molar-refractivity contribution in [3.05, 3.63) is 68.8 Å². The molecule has 1 fully saturated rings. The fourth-order valence-corrected chi connectivity index (χ4v) is 5.29. The van der Waals surface area contributed by atoms with Crippen LogP contribution in [0.4, 0.5) is 5.69 Å². The molecule has 2 aromatic carbocycles. The first-order chi connectivity index (χ1) is 13.2. The number of sulfonamides is 1. The van der Waals surface area contributed by atoms with Crippen molar-refractivity contribution in [1.82, 2.24) is 4.31 Å². The first kappa shape index (κ1) is 20.4. The average molecular weight is 405 g/mol. The third kappa shape index (κ3) is 4.24. The second-order valence-electron chi connectivity index (χ2n) is 7.47. The van der Waals surface area contributed by atoms with E-state index < -0.39 is 14.9 Å². The van der Waals surface area contributed by atoms with E-state index in [2.05, 4.69) is 32.0 Å². The number of hydrogen-bond donors (Lipinski definition) is 1. The van der Waals surface area contributed by atoms with Gasteiger partial charge in [0, 0.05) is 17.7 Å². The molecular formula is C20H26N3O4S+. The SMILES string of the molecule is Cc1ccc(C)c(C[NH+]2CCN(S(=O)(=O)c3cc([N+](=O)[O-])ccc3C)CC2)c1. The minimum Gasteiger partial charge on any atom is -0.329 e. The summed E-state index contributed by atoms with van der Waals surface area (Å²) >= 11 is 0. The molecule has 150 valence electrons. The lowest BCUT2D eigenvalue weighted by Crippen LogP contribution is -3.13. The Hall–Kier alpha value is -2.29. The maximum absolute atomic E-state index is 13.0. The maximum atomic E-state index is 13.0. The molecule has 0 atom stereocenters. The third-order valence-electron chi connectivity index (χ3n) is 5.37. The minimum absolute atomic E-state index is 0.0275. The van der Waals surface area contributed by atoms with E-state index >= 15 is 0 Å². The predicted molar refractivity (Wildman–Crippen MR) is 107 cm³/mol. The quantitative estimate of drug-likeness (QED) is 0.606. The Bertz CT molecular complexity index is 997. The highest BCUT2D eigenvalue weighted by Crippen LogP contribution is 2.24. The van der Waals surface area contributed by atoms with Crippen LogP contribution in [0.1, 0.15) is 22.3 Å². The summed E-state index contributed by atoms with van der Waals surface area (Å²) in [7, 11) is -3.74. The van der Waals surface area contributed by atoms with Gasteiger partial charge in [0.25, 0.3) is 5.69 Å². The van der Waals surface area contributed by atoms with Crippen molar-refractivity contribution in [2.45, 2.75) is 32.2 Å². The van der Waals surface area contributed by atoms with Gasteiger partial charge >= 0.3 is 0 Å². The Labute approximate surface area is 165 Å². The van der Waals surface area contributed by atoms with Gasteiger partial charge in [-0.3, -0.25) is 10.1 Å². The highest BCUT2D eigenvalue weighted by Gasteiger charge is 2.32. The van der Waals surface area contributed by atoms with Crippen LogP contribution in [0.2, 0.25) is 0 Å². The lowest BCUT2D eigenvalue weighted by Gasteiger charge is -2.32. The Balaban J connectivity index is 1.73. The number of nitro benzene ring substituents is 1. The molecule has 1 aliphatic rings. The van der Waals surface area contributed by atoms with Crippen LogP contribution in [0.3, 0.4) is 0 Å². The number of piperazine rings is 1. The zero-order chi connectivity index (χ0) is 20.5. The first-order valence-corrected chi connectivity index (χ1v) is 10.8. The Morgan fingerprint density at radius 1 is 1.04 bits per heavy atom. The Morgan fingerprint density at radius 2 is 1.68 bits per heavy atom. The van der Waals surface area contributed by atoms with Gasteiger partial charge in [0.2, 0.25) is 10.0 Å². The van der Waals surface area contributed by atoms with Crippen molar-refractivity contribution in [2.24, 2.45) is 0 Å². The van der Waals surface area contributed by atoms with Crippen LogP contribution in [0.5, 0.6) is 0 Å². The summed E-state index contributed by atoms with van der Waals surface area (Å²) in [5, 5.41) is 11.0. The molecule has 1 heterocycles. The van der Waals surface area contributed by atoms with Crippen LogP contribution >= 0.6 is 0 Å². The number of aryl methyl sites for hydroxylation is 3. The molecule has 0 radical (unpaired) electrons. The average Bonchev–Trinajstić information content (AvgIpc) is 2.65. The normalized spacial score (nSPS) is 16.2. The topological polar surface area (TPSA) is 85.0 Å². The maximum Gasteiger partial charge on any atom is 0.270 e. The van der Waals surface area contributed by atoms with Crippen molar-refractivity contribution in [2.75, 3.05) is 26.2 Å². The molecule has 0 amide bonds. The molecule has 7 nitrogen and oxygen atoms in total. The van der Waals surface area contributed by atoms with Crippen molar-refractivity contribution in [3.8, 4) is 0 Å². The van der Waals surface area contributed by atoms with E-state index in [-0.39, 0.29) is 10.6 Å². The van der Waals surface area contributed by atoms with Crippen LogP contribution in [0, 0.1) is 30.9 Å². The van der Waals surface area contributed by atoms with Gasteiger partial charge in [-0.05, 0) is 31.9 Å². The van der Waals surface area contributed by atoms with E-state index in [4.69, 9.17) is 0 Å². The highest BCUT2D eigenvalue weighted by molar-refractivity contribution is 7.89. The van der Waals surface area contributed by atoms with E-state index in [1.165, 1.54) is 44.1 Å². The number of hydrogen-bond acceptors (Lipinski definition) is 4. The minimum atomic E-state index is -3.74. The Morgan fingerprint density at radius 3 is 2.32 bits per heavy atom. The number of benzene rings is 2. The van der Waals surface area contributed by atoms with Crippen LogP contribution in [-0.4, -0.2) is 43.8 Å². The first-order valence-electron chi connectivity index (χ1n) is 9.33. The second kappa shape index (κ2) is 7.98. The molecule has 3 rings (SSSR count). The van der Waals surface area contributed by atoms with Gasteiger partial charge in [0.15, 0.2) is 0 Å². The summed E-state index contributed by atoms with van der Waals surface area (Å²) in [6.07, 6.45) is 0. The molecule has 0 aliphatic carbocycles. The molecule has 1 saturated heterocycles. The molecule has 0 saturated carbocycles. The lowest BCUT2D eigenvalue weighted by atomic mass is 10.1. The summed E-state index contributed by atoms with van der Waals surface area (Å²) in [6.45, 7) is 8.94. The molecular weight excluding hydrogens is 378 g/mol. The van der Waals surface area contributed by atoms with Gasteiger partial charge in [0.1, 0.15) is 6.54 Å². The van der Waals surface area contributed by atoms with Crippen molar-refractivity contribution in [1.29, 1.82) is 0 Å². The summed E-state index contributed by atoms with van der Waals surface area (Å²) in [5.41, 5.74) is 4.09. The van der Waals surface area contributed by atoms with Crippen LogP contribution < -0.4 is 4.90 Å². The largest absolute Gasteiger partial charge is 0.329 e. The number of nitrogens with zero attached hydrogens (tertiary/aromatic N) is 2. The van der Waals surface area contributed by atoms with Gasteiger partial charge in [-0.15, -0.1) is 0 Å². The van der Waals surface area contributed by atoms with Crippen molar-refractivity contribution in [3.63, 3.8) is 0 Å². The predicted octanol–water partition coefficient (Wildman–Crippen LogP) is 1.61. The monoisotopic (exact) mass is 404 g/mol. The van der Waals surface area contributed by atoms with E-state index in [0.717, 1.165) is 6.54 Å². The summed E-state index contributed by atoms with van der Waals surface area (Å²) in [5.74, 6) is 0. The van der Waals surface area contributed by atoms with Crippen molar-refractivity contribution >= 4 is 15.7 Å². The van der Waals surface area contributed by atoms with Crippen molar-refractivity contribution < 1.29 is 18.2 Å². The summed E-state index contributed by atoms with van der Waals surface area (Å²) in [4.78, 5) is 11.8. The molecule has 0 unspecified atom stereocenters.